The second-order valence-electron chi connectivity index (χ2n) is 3.94. The minimum Gasteiger partial charge on any atom is -0.481 e. The van der Waals surface area contributed by atoms with Crippen LogP contribution in [0.1, 0.15) is 12.0 Å². The van der Waals surface area contributed by atoms with Crippen molar-refractivity contribution < 1.29 is 19.0 Å². The normalized spacial score (nSPS) is 10.4. The Balaban J connectivity index is 2.37. The number of carboxylic acid groups (broad SMARTS) is 1. The lowest BCUT2D eigenvalue weighted by molar-refractivity contribution is -0.136. The van der Waals surface area contributed by atoms with Crippen LogP contribution < -0.4 is 4.74 Å². The fraction of sp³-hybridized carbons (Fsp3) is 0.231. The van der Waals surface area contributed by atoms with E-state index >= 15 is 0 Å². The summed E-state index contributed by atoms with van der Waals surface area (Å²) >= 11 is 0. The van der Waals surface area contributed by atoms with E-state index in [0.29, 0.717) is 11.4 Å². The number of rotatable bonds is 5. The van der Waals surface area contributed by atoms with E-state index in [2.05, 4.69) is 5.10 Å². The first-order chi connectivity index (χ1) is 9.13. The molecule has 0 spiro atoms. The molecular weight excluding hydrogens is 251 g/mol. The lowest BCUT2D eigenvalue weighted by atomic mass is 10.2. The lowest BCUT2D eigenvalue weighted by Gasteiger charge is -2.08. The molecule has 0 aliphatic carbocycles. The van der Waals surface area contributed by atoms with Crippen molar-refractivity contribution in [2.45, 2.75) is 12.8 Å². The molecule has 0 aliphatic rings. The first-order valence-corrected chi connectivity index (χ1v) is 5.71. The third kappa shape index (κ3) is 2.73. The molecule has 1 N–H and O–H groups in total. The van der Waals surface area contributed by atoms with E-state index in [1.807, 2.05) is 0 Å². The predicted molar refractivity (Wildman–Crippen MR) is 66.0 cm³/mol. The summed E-state index contributed by atoms with van der Waals surface area (Å²) in [5.41, 5.74) is 0.897. The Hall–Kier alpha value is -2.37. The number of aromatic nitrogens is 2. The fourth-order valence-electron chi connectivity index (χ4n) is 1.80. The van der Waals surface area contributed by atoms with E-state index in [-0.39, 0.29) is 18.5 Å². The SMILES string of the molecule is COc1c(CCC(=O)O)cnn1-c1ccccc1F. The molecule has 6 heteroatoms. The second kappa shape index (κ2) is 5.51. The number of hydrogen-bond donors (Lipinski definition) is 1. The number of nitrogens with zero attached hydrogens (tertiary/aromatic N) is 2. The van der Waals surface area contributed by atoms with Crippen LogP contribution in [0, 0.1) is 5.82 Å². The Bertz CT molecular complexity index is 595. The zero-order chi connectivity index (χ0) is 13.8. The molecule has 0 unspecified atom stereocenters. The number of ether oxygens (including phenoxy) is 1. The van der Waals surface area contributed by atoms with E-state index in [1.165, 1.54) is 24.1 Å². The topological polar surface area (TPSA) is 64.3 Å². The highest BCUT2D eigenvalue weighted by molar-refractivity contribution is 5.67. The van der Waals surface area contributed by atoms with Gasteiger partial charge in [-0.2, -0.15) is 9.78 Å². The molecule has 0 amide bonds. The van der Waals surface area contributed by atoms with Crippen LogP contribution >= 0.6 is 0 Å². The van der Waals surface area contributed by atoms with E-state index < -0.39 is 11.8 Å². The molecule has 100 valence electrons. The fourth-order valence-corrected chi connectivity index (χ4v) is 1.80. The molecule has 2 aromatic rings. The molecule has 0 saturated carbocycles. The largest absolute Gasteiger partial charge is 0.481 e. The van der Waals surface area contributed by atoms with Crippen LogP contribution in [0.15, 0.2) is 30.5 Å². The number of halogens is 1. The van der Waals surface area contributed by atoms with Crippen LogP contribution in [-0.4, -0.2) is 28.0 Å². The summed E-state index contributed by atoms with van der Waals surface area (Å²) in [7, 11) is 1.44. The summed E-state index contributed by atoms with van der Waals surface area (Å²) < 4.78 is 20.2. The number of aliphatic carboxylic acids is 1. The van der Waals surface area contributed by atoms with E-state index in [0.717, 1.165) is 0 Å². The van der Waals surface area contributed by atoms with Gasteiger partial charge in [-0.05, 0) is 18.6 Å². The lowest BCUT2D eigenvalue weighted by Crippen LogP contribution is -2.04. The molecule has 1 aromatic carbocycles. The summed E-state index contributed by atoms with van der Waals surface area (Å²) in [4.78, 5) is 10.6. The average Bonchev–Trinajstić information content (AvgIpc) is 2.79. The first-order valence-electron chi connectivity index (χ1n) is 5.71. The van der Waals surface area contributed by atoms with Crippen molar-refractivity contribution >= 4 is 5.97 Å². The molecule has 0 aliphatic heterocycles. The van der Waals surface area contributed by atoms with Crippen molar-refractivity contribution in [3.05, 3.63) is 41.8 Å². The van der Waals surface area contributed by atoms with Crippen LogP contribution in [0.2, 0.25) is 0 Å². The molecule has 1 aromatic heterocycles. The van der Waals surface area contributed by atoms with Crippen molar-refractivity contribution in [3.8, 4) is 11.6 Å². The Labute approximate surface area is 109 Å². The van der Waals surface area contributed by atoms with Gasteiger partial charge in [0.15, 0.2) is 0 Å². The zero-order valence-corrected chi connectivity index (χ0v) is 10.3. The predicted octanol–water partition coefficient (Wildman–Crippen LogP) is 2.04. The van der Waals surface area contributed by atoms with Crippen LogP contribution in [0.25, 0.3) is 5.69 Å². The van der Waals surface area contributed by atoms with Gasteiger partial charge in [-0.3, -0.25) is 4.79 Å². The molecular formula is C13H13FN2O3. The Kier molecular flexibility index (Phi) is 3.79. The number of carboxylic acids is 1. The molecule has 0 radical (unpaired) electrons. The number of carbonyl (C=O) groups is 1. The van der Waals surface area contributed by atoms with E-state index in [4.69, 9.17) is 9.84 Å². The van der Waals surface area contributed by atoms with Gasteiger partial charge < -0.3 is 9.84 Å². The van der Waals surface area contributed by atoms with Gasteiger partial charge in [0.1, 0.15) is 11.5 Å². The summed E-state index contributed by atoms with van der Waals surface area (Å²) in [6.45, 7) is 0. The van der Waals surface area contributed by atoms with E-state index in [9.17, 15) is 9.18 Å². The Morgan fingerprint density at radius 2 is 2.21 bits per heavy atom. The highest BCUT2D eigenvalue weighted by atomic mass is 19.1. The van der Waals surface area contributed by atoms with Gasteiger partial charge >= 0.3 is 5.97 Å². The summed E-state index contributed by atoms with van der Waals surface area (Å²) in [6, 6.07) is 6.18. The highest BCUT2D eigenvalue weighted by Crippen LogP contribution is 2.24. The van der Waals surface area contributed by atoms with Crippen LogP contribution in [0.3, 0.4) is 0 Å². The molecule has 19 heavy (non-hydrogen) atoms. The molecule has 0 atom stereocenters. The Morgan fingerprint density at radius 1 is 1.47 bits per heavy atom. The summed E-state index contributed by atoms with van der Waals surface area (Å²) in [5, 5.41) is 12.7. The van der Waals surface area contributed by atoms with Gasteiger partial charge in [-0.1, -0.05) is 12.1 Å². The third-order valence-corrected chi connectivity index (χ3v) is 2.68. The zero-order valence-electron chi connectivity index (χ0n) is 10.3. The molecule has 2 rings (SSSR count). The van der Waals surface area contributed by atoms with Crippen LogP contribution in [-0.2, 0) is 11.2 Å². The first kappa shape index (κ1) is 13.1. The van der Waals surface area contributed by atoms with Gasteiger partial charge in [-0.15, -0.1) is 0 Å². The van der Waals surface area contributed by atoms with E-state index in [1.54, 1.807) is 18.2 Å². The smallest absolute Gasteiger partial charge is 0.303 e. The molecule has 0 bridgehead atoms. The summed E-state index contributed by atoms with van der Waals surface area (Å²) in [6.07, 6.45) is 1.75. The third-order valence-electron chi connectivity index (χ3n) is 2.68. The number of benzene rings is 1. The van der Waals surface area contributed by atoms with Crippen molar-refractivity contribution in [3.63, 3.8) is 0 Å². The maximum absolute atomic E-state index is 13.7. The monoisotopic (exact) mass is 264 g/mol. The van der Waals surface area contributed by atoms with Gasteiger partial charge in [0.25, 0.3) is 0 Å². The minimum absolute atomic E-state index is 0.0284. The number of methoxy groups -OCH3 is 1. The maximum atomic E-state index is 13.7. The number of hydrogen-bond acceptors (Lipinski definition) is 3. The van der Waals surface area contributed by atoms with Gasteiger partial charge in [0, 0.05) is 12.0 Å². The van der Waals surface area contributed by atoms with Gasteiger partial charge in [0.2, 0.25) is 5.88 Å². The van der Waals surface area contributed by atoms with Crippen molar-refractivity contribution in [2.24, 2.45) is 0 Å². The highest BCUT2D eigenvalue weighted by Gasteiger charge is 2.15. The molecule has 0 fully saturated rings. The van der Waals surface area contributed by atoms with Gasteiger partial charge in [-0.25, -0.2) is 4.39 Å². The second-order valence-corrected chi connectivity index (χ2v) is 3.94. The standard InChI is InChI=1S/C13H13FN2O3/c1-19-13-9(6-7-12(17)18)8-15-16(13)11-5-3-2-4-10(11)14/h2-5,8H,6-7H2,1H3,(H,17,18). The van der Waals surface area contributed by atoms with Crippen LogP contribution in [0.5, 0.6) is 5.88 Å². The molecule has 0 saturated heterocycles. The molecule has 1 heterocycles. The Morgan fingerprint density at radius 3 is 2.84 bits per heavy atom. The minimum atomic E-state index is -0.902. The van der Waals surface area contributed by atoms with Crippen molar-refractivity contribution in [1.29, 1.82) is 0 Å². The van der Waals surface area contributed by atoms with Crippen molar-refractivity contribution in [1.82, 2.24) is 9.78 Å². The summed E-state index contributed by atoms with van der Waals surface area (Å²) in [5.74, 6) is -0.972. The quantitative estimate of drug-likeness (QED) is 0.897. The number of aryl methyl sites for hydroxylation is 1. The average molecular weight is 264 g/mol. The van der Waals surface area contributed by atoms with Gasteiger partial charge in [0.05, 0.1) is 13.3 Å². The van der Waals surface area contributed by atoms with Crippen molar-refractivity contribution in [2.75, 3.05) is 7.11 Å². The number of para-hydroxylation sites is 1. The van der Waals surface area contributed by atoms with Crippen LogP contribution in [0.4, 0.5) is 4.39 Å². The maximum Gasteiger partial charge on any atom is 0.303 e. The molecule has 5 nitrogen and oxygen atoms in total.